The van der Waals surface area contributed by atoms with E-state index in [2.05, 4.69) is 15.3 Å². The van der Waals surface area contributed by atoms with Crippen LogP contribution in [-0.2, 0) is 13.1 Å². The largest absolute Gasteiger partial charge is 0.508 e. The van der Waals surface area contributed by atoms with Gasteiger partial charge in [0.25, 0.3) is 0 Å². The summed E-state index contributed by atoms with van der Waals surface area (Å²) >= 11 is 0. The maximum Gasteiger partial charge on any atom is 0.115 e. The molecule has 0 atom stereocenters. The summed E-state index contributed by atoms with van der Waals surface area (Å²) in [5.41, 5.74) is 2.98. The minimum Gasteiger partial charge on any atom is -0.508 e. The highest BCUT2D eigenvalue weighted by molar-refractivity contribution is 5.25. The Morgan fingerprint density at radius 3 is 2.47 bits per heavy atom. The zero-order chi connectivity index (χ0) is 12.1. The van der Waals surface area contributed by atoms with Crippen LogP contribution >= 0.6 is 0 Å². The first-order chi connectivity index (χ1) is 8.24. The van der Waals surface area contributed by atoms with Gasteiger partial charge in [0.15, 0.2) is 0 Å². The second-order valence-electron chi connectivity index (χ2n) is 3.92. The van der Waals surface area contributed by atoms with Gasteiger partial charge in [-0.1, -0.05) is 12.1 Å². The predicted octanol–water partition coefficient (Wildman–Crippen LogP) is 1.78. The highest BCUT2D eigenvalue weighted by atomic mass is 16.3. The Hall–Kier alpha value is -1.94. The molecule has 0 bridgehead atoms. The molecule has 2 rings (SSSR count). The average Bonchev–Trinajstić information content (AvgIpc) is 2.34. The first kappa shape index (κ1) is 11.5. The molecule has 1 aromatic heterocycles. The predicted molar refractivity (Wildman–Crippen MR) is 65.4 cm³/mol. The van der Waals surface area contributed by atoms with E-state index in [0.29, 0.717) is 6.54 Å². The molecule has 0 saturated heterocycles. The summed E-state index contributed by atoms with van der Waals surface area (Å²) in [6.07, 6.45) is 3.54. The molecular weight excluding hydrogens is 214 g/mol. The average molecular weight is 229 g/mol. The standard InChI is InChI=1S/C13H15N3O/c1-10-6-16-12(9-15-10)8-14-7-11-2-4-13(17)5-3-11/h2-6,9,14,17H,7-8H2,1H3. The highest BCUT2D eigenvalue weighted by Crippen LogP contribution is 2.09. The number of aromatic hydroxyl groups is 1. The fourth-order valence-electron chi connectivity index (χ4n) is 1.46. The van der Waals surface area contributed by atoms with Crippen LogP contribution in [0.15, 0.2) is 36.7 Å². The number of benzene rings is 1. The van der Waals surface area contributed by atoms with Gasteiger partial charge in [0.05, 0.1) is 11.4 Å². The first-order valence-corrected chi connectivity index (χ1v) is 5.50. The summed E-state index contributed by atoms with van der Waals surface area (Å²) in [6.45, 7) is 3.35. The van der Waals surface area contributed by atoms with Crippen LogP contribution in [0.25, 0.3) is 0 Å². The molecule has 0 fully saturated rings. The van der Waals surface area contributed by atoms with Crippen molar-refractivity contribution in [2.75, 3.05) is 0 Å². The Labute approximate surface area is 100 Å². The summed E-state index contributed by atoms with van der Waals surface area (Å²) in [4.78, 5) is 8.44. The van der Waals surface area contributed by atoms with Crippen LogP contribution in [0.5, 0.6) is 5.75 Å². The van der Waals surface area contributed by atoms with Crippen LogP contribution in [0.3, 0.4) is 0 Å². The Morgan fingerprint density at radius 2 is 1.82 bits per heavy atom. The second-order valence-corrected chi connectivity index (χ2v) is 3.92. The molecule has 0 aliphatic rings. The summed E-state index contributed by atoms with van der Waals surface area (Å²) < 4.78 is 0. The van der Waals surface area contributed by atoms with E-state index in [4.69, 9.17) is 5.11 Å². The fraction of sp³-hybridized carbons (Fsp3) is 0.231. The van der Waals surface area contributed by atoms with E-state index in [-0.39, 0.29) is 5.75 Å². The minimum atomic E-state index is 0.290. The molecule has 88 valence electrons. The van der Waals surface area contributed by atoms with Gasteiger partial charge in [0.2, 0.25) is 0 Å². The van der Waals surface area contributed by atoms with E-state index >= 15 is 0 Å². The number of hydrogen-bond acceptors (Lipinski definition) is 4. The summed E-state index contributed by atoms with van der Waals surface area (Å²) in [5, 5.41) is 12.4. The van der Waals surface area contributed by atoms with E-state index < -0.39 is 0 Å². The van der Waals surface area contributed by atoms with Gasteiger partial charge < -0.3 is 10.4 Å². The maximum absolute atomic E-state index is 9.15. The Balaban J connectivity index is 1.83. The van der Waals surface area contributed by atoms with E-state index in [0.717, 1.165) is 23.5 Å². The van der Waals surface area contributed by atoms with Gasteiger partial charge in [0.1, 0.15) is 5.75 Å². The van der Waals surface area contributed by atoms with Crippen molar-refractivity contribution >= 4 is 0 Å². The number of phenolic OH excluding ortho intramolecular Hbond substituents is 1. The molecule has 2 aromatic rings. The third-order valence-corrected chi connectivity index (χ3v) is 2.41. The van der Waals surface area contributed by atoms with Crippen LogP contribution in [-0.4, -0.2) is 15.1 Å². The lowest BCUT2D eigenvalue weighted by molar-refractivity contribution is 0.475. The van der Waals surface area contributed by atoms with Crippen LogP contribution in [0.4, 0.5) is 0 Å². The Bertz CT molecular complexity index is 420. The van der Waals surface area contributed by atoms with Crippen molar-refractivity contribution in [2.45, 2.75) is 20.0 Å². The molecule has 0 radical (unpaired) electrons. The molecule has 0 aliphatic carbocycles. The minimum absolute atomic E-state index is 0.290. The monoisotopic (exact) mass is 229 g/mol. The molecule has 4 nitrogen and oxygen atoms in total. The molecule has 0 aliphatic heterocycles. The molecule has 17 heavy (non-hydrogen) atoms. The van der Waals surface area contributed by atoms with Crippen molar-refractivity contribution in [3.05, 3.63) is 53.6 Å². The topological polar surface area (TPSA) is 58.0 Å². The Morgan fingerprint density at radius 1 is 1.06 bits per heavy atom. The lowest BCUT2D eigenvalue weighted by atomic mass is 10.2. The van der Waals surface area contributed by atoms with Crippen LogP contribution in [0, 0.1) is 6.92 Å². The smallest absolute Gasteiger partial charge is 0.115 e. The van der Waals surface area contributed by atoms with Gasteiger partial charge in [-0.05, 0) is 24.6 Å². The number of aromatic nitrogens is 2. The highest BCUT2D eigenvalue weighted by Gasteiger charge is 1.96. The molecule has 0 spiro atoms. The van der Waals surface area contributed by atoms with Crippen molar-refractivity contribution in [3.63, 3.8) is 0 Å². The molecule has 1 heterocycles. The van der Waals surface area contributed by atoms with Gasteiger partial charge in [-0.3, -0.25) is 9.97 Å². The van der Waals surface area contributed by atoms with Crippen molar-refractivity contribution in [1.82, 2.24) is 15.3 Å². The summed E-state index contributed by atoms with van der Waals surface area (Å²) in [6, 6.07) is 7.15. The zero-order valence-corrected chi connectivity index (χ0v) is 9.72. The van der Waals surface area contributed by atoms with E-state index in [1.165, 1.54) is 0 Å². The van der Waals surface area contributed by atoms with Crippen LogP contribution < -0.4 is 5.32 Å². The zero-order valence-electron chi connectivity index (χ0n) is 9.72. The van der Waals surface area contributed by atoms with Crippen molar-refractivity contribution in [1.29, 1.82) is 0 Å². The van der Waals surface area contributed by atoms with Crippen molar-refractivity contribution < 1.29 is 5.11 Å². The molecule has 0 saturated carbocycles. The third kappa shape index (κ3) is 3.53. The van der Waals surface area contributed by atoms with Crippen molar-refractivity contribution in [3.8, 4) is 5.75 Å². The molecule has 0 amide bonds. The van der Waals surface area contributed by atoms with Gasteiger partial charge in [-0.2, -0.15) is 0 Å². The third-order valence-electron chi connectivity index (χ3n) is 2.41. The number of nitrogens with one attached hydrogen (secondary N) is 1. The number of aryl methyl sites for hydroxylation is 1. The first-order valence-electron chi connectivity index (χ1n) is 5.50. The van der Waals surface area contributed by atoms with Gasteiger partial charge in [0, 0.05) is 25.5 Å². The summed E-state index contributed by atoms with van der Waals surface area (Å²) in [7, 11) is 0. The fourth-order valence-corrected chi connectivity index (χ4v) is 1.46. The SMILES string of the molecule is Cc1cnc(CNCc2ccc(O)cc2)cn1. The quantitative estimate of drug-likeness (QED) is 0.839. The van der Waals surface area contributed by atoms with E-state index in [9.17, 15) is 0 Å². The lowest BCUT2D eigenvalue weighted by Crippen LogP contribution is -2.13. The van der Waals surface area contributed by atoms with E-state index in [1.54, 1.807) is 24.5 Å². The number of phenols is 1. The molecule has 2 N–H and O–H groups in total. The normalized spacial score (nSPS) is 10.4. The molecule has 1 aromatic carbocycles. The summed E-state index contributed by atoms with van der Waals surface area (Å²) in [5.74, 6) is 0.290. The number of nitrogens with zero attached hydrogens (tertiary/aromatic N) is 2. The van der Waals surface area contributed by atoms with E-state index in [1.807, 2.05) is 19.1 Å². The van der Waals surface area contributed by atoms with Gasteiger partial charge >= 0.3 is 0 Å². The van der Waals surface area contributed by atoms with Crippen LogP contribution in [0.1, 0.15) is 17.0 Å². The maximum atomic E-state index is 9.15. The number of hydrogen-bond donors (Lipinski definition) is 2. The molecule has 4 heteroatoms. The van der Waals surface area contributed by atoms with Crippen molar-refractivity contribution in [2.24, 2.45) is 0 Å². The lowest BCUT2D eigenvalue weighted by Gasteiger charge is -2.04. The van der Waals surface area contributed by atoms with Gasteiger partial charge in [-0.15, -0.1) is 0 Å². The second kappa shape index (κ2) is 5.41. The molecular formula is C13H15N3O. The van der Waals surface area contributed by atoms with Crippen LogP contribution in [0.2, 0.25) is 0 Å². The molecule has 0 unspecified atom stereocenters. The number of rotatable bonds is 4. The Kier molecular flexibility index (Phi) is 3.67. The van der Waals surface area contributed by atoms with Gasteiger partial charge in [-0.25, -0.2) is 0 Å².